The van der Waals surface area contributed by atoms with E-state index in [1.165, 1.54) is 0 Å². The van der Waals surface area contributed by atoms with Gasteiger partial charge in [0.25, 0.3) is 0 Å². The lowest BCUT2D eigenvalue weighted by Crippen LogP contribution is -2.49. The van der Waals surface area contributed by atoms with Crippen LogP contribution in [0.25, 0.3) is 10.9 Å². The number of nitrogens with zero attached hydrogens (tertiary/aromatic N) is 1. The number of carbonyl (C=O) groups excluding carboxylic acids is 1. The van der Waals surface area contributed by atoms with Crippen molar-refractivity contribution in [1.82, 2.24) is 9.88 Å². The number of nitrogens with one attached hydrogen (secondary N) is 1. The van der Waals surface area contributed by atoms with Gasteiger partial charge < -0.3 is 29.2 Å². The minimum absolute atomic E-state index is 0.130. The van der Waals surface area contributed by atoms with Gasteiger partial charge >= 0.3 is 12.1 Å². The number of amides is 1. The van der Waals surface area contributed by atoms with Crippen molar-refractivity contribution in [1.29, 1.82) is 0 Å². The fraction of sp³-hybridized carbons (Fsp3) is 0.474. The monoisotopic (exact) mass is 376 g/mol. The molecule has 1 atom stereocenters. The standard InChI is InChI=1S/C19H24N2O6/c1-19(2,3)27-18(24)21-6-7-25-14(10-21)11-26-13-4-5-15-12(8-13)9-16(20-15)17(22)23/h4-5,8-9,14,20H,6-7,10-11H2,1-3H3,(H,22,23)/t14-/m1/s1. The van der Waals surface area contributed by atoms with E-state index in [4.69, 9.17) is 19.3 Å². The van der Waals surface area contributed by atoms with Gasteiger partial charge in [-0.1, -0.05) is 0 Å². The Labute approximate surface area is 157 Å². The second kappa shape index (κ2) is 7.48. The fourth-order valence-corrected chi connectivity index (χ4v) is 2.82. The largest absolute Gasteiger partial charge is 0.491 e. The highest BCUT2D eigenvalue weighted by atomic mass is 16.6. The van der Waals surface area contributed by atoms with Crippen LogP contribution in [0.15, 0.2) is 24.3 Å². The molecule has 2 heterocycles. The highest BCUT2D eigenvalue weighted by Crippen LogP contribution is 2.22. The number of carboxylic acid groups (broad SMARTS) is 1. The van der Waals surface area contributed by atoms with Crippen LogP contribution < -0.4 is 4.74 Å². The third-order valence-corrected chi connectivity index (χ3v) is 4.05. The smallest absolute Gasteiger partial charge is 0.410 e. The van der Waals surface area contributed by atoms with Crippen LogP contribution in [0, 0.1) is 0 Å². The summed E-state index contributed by atoms with van der Waals surface area (Å²) in [6.45, 7) is 7.08. The lowest BCUT2D eigenvalue weighted by atomic mass is 10.2. The number of benzene rings is 1. The zero-order valence-electron chi connectivity index (χ0n) is 15.7. The molecular weight excluding hydrogens is 352 g/mol. The number of fused-ring (bicyclic) bond motifs is 1. The second-order valence-electron chi connectivity index (χ2n) is 7.47. The van der Waals surface area contributed by atoms with Crippen molar-refractivity contribution >= 4 is 23.0 Å². The van der Waals surface area contributed by atoms with E-state index in [2.05, 4.69) is 4.98 Å². The number of ether oxygens (including phenoxy) is 3. The van der Waals surface area contributed by atoms with Crippen molar-refractivity contribution in [3.63, 3.8) is 0 Å². The molecule has 1 aromatic carbocycles. The molecule has 3 rings (SSSR count). The molecule has 0 aliphatic carbocycles. The molecule has 27 heavy (non-hydrogen) atoms. The van der Waals surface area contributed by atoms with E-state index in [0.29, 0.717) is 25.4 Å². The van der Waals surface area contributed by atoms with E-state index >= 15 is 0 Å². The summed E-state index contributed by atoms with van der Waals surface area (Å²) in [5.41, 5.74) is 0.317. The Balaban J connectivity index is 1.58. The van der Waals surface area contributed by atoms with E-state index in [0.717, 1.165) is 10.9 Å². The van der Waals surface area contributed by atoms with Gasteiger partial charge in [-0.15, -0.1) is 0 Å². The molecule has 2 aromatic rings. The lowest BCUT2D eigenvalue weighted by molar-refractivity contribution is -0.0557. The Kier molecular flexibility index (Phi) is 5.27. The Hall–Kier alpha value is -2.74. The summed E-state index contributed by atoms with van der Waals surface area (Å²) in [4.78, 5) is 27.7. The third kappa shape index (κ3) is 4.91. The van der Waals surface area contributed by atoms with Crippen molar-refractivity contribution in [3.05, 3.63) is 30.0 Å². The molecule has 8 heteroatoms. The number of aromatic amines is 1. The van der Waals surface area contributed by atoms with Crippen LogP contribution >= 0.6 is 0 Å². The van der Waals surface area contributed by atoms with Crippen LogP contribution in [-0.4, -0.2) is 65.1 Å². The number of morpholine rings is 1. The molecule has 2 N–H and O–H groups in total. The quantitative estimate of drug-likeness (QED) is 0.851. The number of aromatic nitrogens is 1. The molecule has 1 aliphatic rings. The van der Waals surface area contributed by atoms with Gasteiger partial charge in [-0.2, -0.15) is 0 Å². The van der Waals surface area contributed by atoms with E-state index < -0.39 is 11.6 Å². The number of carboxylic acids is 1. The molecular formula is C19H24N2O6. The van der Waals surface area contributed by atoms with E-state index in [-0.39, 0.29) is 24.5 Å². The molecule has 0 radical (unpaired) electrons. The highest BCUT2D eigenvalue weighted by molar-refractivity contribution is 5.94. The molecule has 1 aliphatic heterocycles. The first-order valence-corrected chi connectivity index (χ1v) is 8.80. The van der Waals surface area contributed by atoms with Gasteiger partial charge in [-0.05, 0) is 45.0 Å². The van der Waals surface area contributed by atoms with Gasteiger partial charge in [-0.25, -0.2) is 9.59 Å². The number of hydrogen-bond donors (Lipinski definition) is 2. The summed E-state index contributed by atoms with van der Waals surface area (Å²) in [5.74, 6) is -0.400. The molecule has 0 spiro atoms. The van der Waals surface area contributed by atoms with Crippen LogP contribution in [0.1, 0.15) is 31.3 Å². The topological polar surface area (TPSA) is 101 Å². The predicted octanol–water partition coefficient (Wildman–Crippen LogP) is 2.88. The van der Waals surface area contributed by atoms with Crippen molar-refractivity contribution in [2.24, 2.45) is 0 Å². The maximum Gasteiger partial charge on any atom is 0.410 e. The normalized spacial score (nSPS) is 17.7. The summed E-state index contributed by atoms with van der Waals surface area (Å²) in [5, 5.41) is 9.80. The first-order valence-electron chi connectivity index (χ1n) is 8.80. The van der Waals surface area contributed by atoms with Crippen LogP contribution in [-0.2, 0) is 9.47 Å². The van der Waals surface area contributed by atoms with Crippen LogP contribution in [0.3, 0.4) is 0 Å². The Morgan fingerprint density at radius 1 is 1.33 bits per heavy atom. The Morgan fingerprint density at radius 2 is 2.11 bits per heavy atom. The van der Waals surface area contributed by atoms with Crippen molar-refractivity contribution in [2.45, 2.75) is 32.5 Å². The second-order valence-corrected chi connectivity index (χ2v) is 7.47. The molecule has 0 bridgehead atoms. The Morgan fingerprint density at radius 3 is 2.81 bits per heavy atom. The van der Waals surface area contributed by atoms with Crippen molar-refractivity contribution in [3.8, 4) is 5.75 Å². The summed E-state index contributed by atoms with van der Waals surface area (Å²) < 4.78 is 16.9. The zero-order valence-corrected chi connectivity index (χ0v) is 15.7. The van der Waals surface area contributed by atoms with Crippen molar-refractivity contribution < 1.29 is 28.9 Å². The molecule has 1 aromatic heterocycles. The van der Waals surface area contributed by atoms with Gasteiger partial charge in [0.1, 0.15) is 29.8 Å². The fourth-order valence-electron chi connectivity index (χ4n) is 2.82. The number of rotatable bonds is 4. The molecule has 0 saturated carbocycles. The van der Waals surface area contributed by atoms with E-state index in [1.807, 2.05) is 20.8 Å². The first kappa shape index (κ1) is 19.0. The summed E-state index contributed by atoms with van der Waals surface area (Å²) in [6.07, 6.45) is -0.617. The minimum atomic E-state index is -1.01. The number of carbonyl (C=O) groups is 2. The summed E-state index contributed by atoms with van der Waals surface area (Å²) in [6, 6.07) is 6.86. The third-order valence-electron chi connectivity index (χ3n) is 4.05. The van der Waals surface area contributed by atoms with E-state index in [9.17, 15) is 9.59 Å². The molecule has 1 amide bonds. The van der Waals surface area contributed by atoms with Gasteiger partial charge in [0.05, 0.1) is 13.2 Å². The molecule has 8 nitrogen and oxygen atoms in total. The van der Waals surface area contributed by atoms with Crippen LogP contribution in [0.4, 0.5) is 4.79 Å². The van der Waals surface area contributed by atoms with Gasteiger partial charge in [0, 0.05) is 17.4 Å². The van der Waals surface area contributed by atoms with Crippen LogP contribution in [0.5, 0.6) is 5.75 Å². The molecule has 1 saturated heterocycles. The molecule has 146 valence electrons. The maximum atomic E-state index is 12.2. The average Bonchev–Trinajstić information content (AvgIpc) is 3.02. The summed E-state index contributed by atoms with van der Waals surface area (Å²) >= 11 is 0. The molecule has 1 fully saturated rings. The molecule has 0 unspecified atom stereocenters. The maximum absolute atomic E-state index is 12.2. The first-order chi connectivity index (χ1) is 12.7. The SMILES string of the molecule is CC(C)(C)OC(=O)N1CCO[C@@H](COc2ccc3[nH]c(C(=O)O)cc3c2)C1. The highest BCUT2D eigenvalue weighted by Gasteiger charge is 2.28. The Bertz CT molecular complexity index is 838. The number of aromatic carboxylic acids is 1. The minimum Gasteiger partial charge on any atom is -0.491 e. The predicted molar refractivity (Wildman–Crippen MR) is 98.3 cm³/mol. The lowest BCUT2D eigenvalue weighted by Gasteiger charge is -2.34. The van der Waals surface area contributed by atoms with Gasteiger partial charge in [-0.3, -0.25) is 0 Å². The number of H-pyrrole nitrogens is 1. The van der Waals surface area contributed by atoms with Crippen molar-refractivity contribution in [2.75, 3.05) is 26.3 Å². The number of hydrogen-bond acceptors (Lipinski definition) is 5. The van der Waals surface area contributed by atoms with Gasteiger partial charge in [0.15, 0.2) is 0 Å². The summed E-state index contributed by atoms with van der Waals surface area (Å²) in [7, 11) is 0. The van der Waals surface area contributed by atoms with E-state index in [1.54, 1.807) is 29.2 Å². The van der Waals surface area contributed by atoms with Gasteiger partial charge in [0.2, 0.25) is 0 Å². The average molecular weight is 376 g/mol. The zero-order chi connectivity index (χ0) is 19.6. The van der Waals surface area contributed by atoms with Crippen LogP contribution in [0.2, 0.25) is 0 Å².